The maximum atomic E-state index is 12.4. The molecule has 11 heteroatoms. The summed E-state index contributed by atoms with van der Waals surface area (Å²) in [5.41, 5.74) is -0.116. The number of hydrogen-bond donors (Lipinski definition) is 2. The molecule has 20 heavy (non-hydrogen) atoms. The number of pyridine rings is 1. The average molecular weight is 301 g/mol. The van der Waals surface area contributed by atoms with Gasteiger partial charge >= 0.3 is 24.2 Å². The number of halogens is 6. The van der Waals surface area contributed by atoms with Crippen LogP contribution in [-0.2, 0) is 21.9 Å². The molecule has 3 N–H and O–H groups in total. The Kier molecular flexibility index (Phi) is 3.92. The van der Waals surface area contributed by atoms with Crippen LogP contribution in [0.4, 0.5) is 32.0 Å². The normalized spacial score (nSPS) is 12.1. The van der Waals surface area contributed by atoms with Crippen molar-refractivity contribution in [3.05, 3.63) is 23.5 Å². The van der Waals surface area contributed by atoms with Gasteiger partial charge in [-0.3, -0.25) is 9.59 Å². The summed E-state index contributed by atoms with van der Waals surface area (Å²) in [6, 6.07) is 0.298. The number of nitrogens with two attached hydrogens (primary N) is 1. The third-order valence-electron chi connectivity index (χ3n) is 1.89. The van der Waals surface area contributed by atoms with Gasteiger partial charge in [0.25, 0.3) is 0 Å². The number of alkyl halides is 6. The molecule has 0 aliphatic carbocycles. The molecule has 5 nitrogen and oxygen atoms in total. The number of amides is 2. The lowest BCUT2D eigenvalue weighted by Crippen LogP contribution is -2.30. The SMILES string of the molecule is NC(=O)C(=O)Nc1cc(C(F)(F)F)nc(C(F)(F)F)c1. The van der Waals surface area contributed by atoms with Gasteiger partial charge in [0, 0.05) is 5.69 Å². The highest BCUT2D eigenvalue weighted by Crippen LogP contribution is 2.34. The fourth-order valence-corrected chi connectivity index (χ4v) is 1.09. The minimum Gasteiger partial charge on any atom is -0.361 e. The zero-order valence-electron chi connectivity index (χ0n) is 9.26. The van der Waals surface area contributed by atoms with Crippen LogP contribution in [0.3, 0.4) is 0 Å². The molecule has 0 aliphatic rings. The standard InChI is InChI=1S/C9H5F6N3O2/c10-8(11,12)4-1-3(17-7(20)6(16)19)2-5(18-4)9(13,14)15/h1-2H,(H2,16,19)(H,17,18,20). The van der Waals surface area contributed by atoms with Crippen molar-refractivity contribution < 1.29 is 35.9 Å². The van der Waals surface area contributed by atoms with Crippen LogP contribution >= 0.6 is 0 Å². The zero-order chi connectivity index (χ0) is 15.7. The van der Waals surface area contributed by atoms with E-state index in [1.165, 1.54) is 5.32 Å². The molecule has 0 unspecified atom stereocenters. The molecule has 1 aromatic heterocycles. The van der Waals surface area contributed by atoms with Crippen molar-refractivity contribution in [3.8, 4) is 0 Å². The number of anilines is 1. The highest BCUT2D eigenvalue weighted by Gasteiger charge is 2.39. The van der Waals surface area contributed by atoms with Crippen molar-refractivity contribution in [2.75, 3.05) is 5.32 Å². The summed E-state index contributed by atoms with van der Waals surface area (Å²) in [6.45, 7) is 0. The van der Waals surface area contributed by atoms with Crippen LogP contribution in [0.2, 0.25) is 0 Å². The fraction of sp³-hybridized carbons (Fsp3) is 0.222. The topological polar surface area (TPSA) is 85.1 Å². The molecule has 0 atom stereocenters. The monoisotopic (exact) mass is 301 g/mol. The summed E-state index contributed by atoms with van der Waals surface area (Å²) in [4.78, 5) is 23.7. The Labute approximate surface area is 106 Å². The molecule has 0 radical (unpaired) electrons. The Bertz CT molecular complexity index is 519. The van der Waals surface area contributed by atoms with Crippen molar-refractivity contribution >= 4 is 17.5 Å². The van der Waals surface area contributed by atoms with E-state index in [2.05, 4.69) is 10.7 Å². The summed E-state index contributed by atoms with van der Waals surface area (Å²) < 4.78 is 74.4. The van der Waals surface area contributed by atoms with E-state index < -0.39 is 41.2 Å². The summed E-state index contributed by atoms with van der Waals surface area (Å²) in [5, 5.41) is 1.51. The number of nitrogens with zero attached hydrogens (tertiary/aromatic N) is 1. The number of rotatable bonds is 1. The van der Waals surface area contributed by atoms with E-state index in [1.807, 2.05) is 0 Å². The van der Waals surface area contributed by atoms with E-state index in [1.54, 1.807) is 0 Å². The van der Waals surface area contributed by atoms with E-state index in [4.69, 9.17) is 0 Å². The molecule has 0 saturated carbocycles. The van der Waals surface area contributed by atoms with Gasteiger partial charge in [-0.25, -0.2) is 4.98 Å². The smallest absolute Gasteiger partial charge is 0.361 e. The Hall–Kier alpha value is -2.33. The number of hydrogen-bond acceptors (Lipinski definition) is 3. The number of primary amides is 1. The van der Waals surface area contributed by atoms with Gasteiger partial charge in [-0.1, -0.05) is 0 Å². The van der Waals surface area contributed by atoms with Crippen LogP contribution in [0.25, 0.3) is 0 Å². The van der Waals surface area contributed by atoms with Gasteiger partial charge in [0.1, 0.15) is 11.4 Å². The molecule has 1 heterocycles. The van der Waals surface area contributed by atoms with Gasteiger partial charge in [0.15, 0.2) is 0 Å². The first-order valence-electron chi connectivity index (χ1n) is 4.68. The van der Waals surface area contributed by atoms with Gasteiger partial charge in [-0.2, -0.15) is 26.3 Å². The minimum atomic E-state index is -5.16. The van der Waals surface area contributed by atoms with Crippen molar-refractivity contribution in [1.29, 1.82) is 0 Å². The molecule has 1 aromatic rings. The summed E-state index contributed by atoms with van der Waals surface area (Å²) >= 11 is 0. The van der Waals surface area contributed by atoms with Crippen LogP contribution in [0.1, 0.15) is 11.4 Å². The van der Waals surface area contributed by atoms with Crippen molar-refractivity contribution in [2.24, 2.45) is 5.73 Å². The quantitative estimate of drug-likeness (QED) is 0.609. The summed E-state index contributed by atoms with van der Waals surface area (Å²) in [5.74, 6) is -3.12. The van der Waals surface area contributed by atoms with E-state index in [0.29, 0.717) is 0 Å². The van der Waals surface area contributed by atoms with E-state index >= 15 is 0 Å². The Morgan fingerprint density at radius 2 is 1.40 bits per heavy atom. The van der Waals surface area contributed by atoms with E-state index in [-0.39, 0.29) is 12.1 Å². The van der Waals surface area contributed by atoms with Crippen molar-refractivity contribution in [3.63, 3.8) is 0 Å². The maximum absolute atomic E-state index is 12.4. The van der Waals surface area contributed by atoms with Crippen LogP contribution in [0.5, 0.6) is 0 Å². The molecule has 0 aliphatic heterocycles. The first-order valence-corrected chi connectivity index (χ1v) is 4.68. The van der Waals surface area contributed by atoms with Crippen molar-refractivity contribution in [1.82, 2.24) is 4.98 Å². The molecule has 0 fully saturated rings. The van der Waals surface area contributed by atoms with Gasteiger partial charge in [0.05, 0.1) is 0 Å². The van der Waals surface area contributed by atoms with Gasteiger partial charge in [-0.15, -0.1) is 0 Å². The third-order valence-corrected chi connectivity index (χ3v) is 1.89. The van der Waals surface area contributed by atoms with Crippen LogP contribution in [-0.4, -0.2) is 16.8 Å². The second kappa shape index (κ2) is 4.98. The second-order valence-corrected chi connectivity index (χ2v) is 3.44. The van der Waals surface area contributed by atoms with Gasteiger partial charge < -0.3 is 11.1 Å². The molecule has 110 valence electrons. The molecule has 0 aromatic carbocycles. The maximum Gasteiger partial charge on any atom is 0.433 e. The Morgan fingerprint density at radius 1 is 1.00 bits per heavy atom. The summed E-state index contributed by atoms with van der Waals surface area (Å²) in [7, 11) is 0. The fourth-order valence-electron chi connectivity index (χ4n) is 1.09. The van der Waals surface area contributed by atoms with E-state index in [0.717, 1.165) is 0 Å². The molecule has 0 bridgehead atoms. The predicted octanol–water partition coefficient (Wildman–Crippen LogP) is 1.54. The molecule has 2 amide bonds. The largest absolute Gasteiger partial charge is 0.433 e. The third kappa shape index (κ3) is 3.83. The molecular formula is C9H5F6N3O2. The lowest BCUT2D eigenvalue weighted by Gasteiger charge is -2.13. The Morgan fingerprint density at radius 3 is 1.70 bits per heavy atom. The molecule has 0 spiro atoms. The first kappa shape index (κ1) is 15.7. The Balaban J connectivity index is 3.31. The molecule has 1 rings (SSSR count). The van der Waals surface area contributed by atoms with Gasteiger partial charge in [0.2, 0.25) is 0 Å². The van der Waals surface area contributed by atoms with Crippen LogP contribution in [0, 0.1) is 0 Å². The highest BCUT2D eigenvalue weighted by atomic mass is 19.4. The molecule has 0 saturated heterocycles. The average Bonchev–Trinajstić information content (AvgIpc) is 2.26. The second-order valence-electron chi connectivity index (χ2n) is 3.44. The lowest BCUT2D eigenvalue weighted by molar-refractivity contribution is -0.150. The van der Waals surface area contributed by atoms with E-state index in [9.17, 15) is 35.9 Å². The highest BCUT2D eigenvalue weighted by molar-refractivity contribution is 6.39. The van der Waals surface area contributed by atoms with Crippen molar-refractivity contribution in [2.45, 2.75) is 12.4 Å². The van der Waals surface area contributed by atoms with Gasteiger partial charge in [-0.05, 0) is 12.1 Å². The number of aromatic nitrogens is 1. The minimum absolute atomic E-state index is 0.149. The molecular weight excluding hydrogens is 296 g/mol. The van der Waals surface area contributed by atoms with Crippen LogP contribution < -0.4 is 11.1 Å². The summed E-state index contributed by atoms with van der Waals surface area (Å²) in [6.07, 6.45) is -10.3. The lowest BCUT2D eigenvalue weighted by atomic mass is 10.2. The van der Waals surface area contributed by atoms with Crippen LogP contribution in [0.15, 0.2) is 12.1 Å². The first-order chi connectivity index (χ1) is 8.91. The predicted molar refractivity (Wildman–Crippen MR) is 52.1 cm³/mol. The number of carbonyl (C=O) groups excluding carboxylic acids is 2. The number of nitrogens with one attached hydrogen (secondary N) is 1. The number of carbonyl (C=O) groups is 2. The zero-order valence-corrected chi connectivity index (χ0v) is 9.26.